The van der Waals surface area contributed by atoms with E-state index in [9.17, 15) is 4.39 Å². The summed E-state index contributed by atoms with van der Waals surface area (Å²) in [5.41, 5.74) is 0. The second-order valence-corrected chi connectivity index (χ2v) is 2.03. The van der Waals surface area contributed by atoms with Crippen LogP contribution in [0.5, 0.6) is 0 Å². The van der Waals surface area contributed by atoms with Gasteiger partial charge in [-0.25, -0.2) is 4.39 Å². The fourth-order valence-corrected chi connectivity index (χ4v) is 0.525. The minimum Gasteiger partial charge on any atom is -0.390 e. The standard InChI is InChI=1S/C6H13FO/c1-3-4-6(8)5(2)7/h5-6,8H,3-4H2,1-2H3/t5-,6+/m0/s1. The van der Waals surface area contributed by atoms with Gasteiger partial charge in [-0.15, -0.1) is 0 Å². The maximum absolute atomic E-state index is 12.0. The predicted molar refractivity (Wildman–Crippen MR) is 31.5 cm³/mol. The molecule has 0 spiro atoms. The van der Waals surface area contributed by atoms with E-state index >= 15 is 0 Å². The van der Waals surface area contributed by atoms with E-state index in [4.69, 9.17) is 5.11 Å². The molecule has 0 saturated carbocycles. The van der Waals surface area contributed by atoms with Crippen LogP contribution in [0.1, 0.15) is 26.7 Å². The summed E-state index contributed by atoms with van der Waals surface area (Å²) in [5, 5.41) is 8.75. The summed E-state index contributed by atoms with van der Waals surface area (Å²) in [6.45, 7) is 3.30. The smallest absolute Gasteiger partial charge is 0.123 e. The zero-order chi connectivity index (χ0) is 6.57. The molecule has 1 nitrogen and oxygen atoms in total. The SMILES string of the molecule is CCC[C@@H](O)[C@H](C)F. The fourth-order valence-electron chi connectivity index (χ4n) is 0.525. The quantitative estimate of drug-likeness (QED) is 0.598. The van der Waals surface area contributed by atoms with Crippen LogP contribution in [0.15, 0.2) is 0 Å². The van der Waals surface area contributed by atoms with Crippen LogP contribution in [0.2, 0.25) is 0 Å². The molecule has 0 aromatic heterocycles. The average Bonchev–Trinajstić information content (AvgIpc) is 1.67. The molecule has 50 valence electrons. The zero-order valence-electron chi connectivity index (χ0n) is 5.39. The van der Waals surface area contributed by atoms with Crippen molar-refractivity contribution in [2.75, 3.05) is 0 Å². The molecule has 0 aromatic carbocycles. The summed E-state index contributed by atoms with van der Waals surface area (Å²) < 4.78 is 12.0. The number of hydrogen-bond acceptors (Lipinski definition) is 1. The van der Waals surface area contributed by atoms with Gasteiger partial charge in [0.15, 0.2) is 0 Å². The van der Waals surface area contributed by atoms with Crippen LogP contribution in [0.4, 0.5) is 4.39 Å². The maximum atomic E-state index is 12.0. The molecule has 0 saturated heterocycles. The van der Waals surface area contributed by atoms with E-state index < -0.39 is 12.3 Å². The number of rotatable bonds is 3. The van der Waals surface area contributed by atoms with Crippen molar-refractivity contribution in [3.63, 3.8) is 0 Å². The molecule has 0 unspecified atom stereocenters. The largest absolute Gasteiger partial charge is 0.390 e. The molecule has 2 atom stereocenters. The Morgan fingerprint density at radius 1 is 1.62 bits per heavy atom. The van der Waals surface area contributed by atoms with Crippen LogP contribution < -0.4 is 0 Å². The van der Waals surface area contributed by atoms with Gasteiger partial charge in [0.25, 0.3) is 0 Å². The van der Waals surface area contributed by atoms with Gasteiger partial charge in [0.05, 0.1) is 6.10 Å². The van der Waals surface area contributed by atoms with Crippen molar-refractivity contribution in [1.82, 2.24) is 0 Å². The molecule has 0 radical (unpaired) electrons. The lowest BCUT2D eigenvalue weighted by molar-refractivity contribution is 0.0800. The molecular formula is C6H13FO. The minimum absolute atomic E-state index is 0.567. The van der Waals surface area contributed by atoms with Crippen LogP contribution in [-0.4, -0.2) is 17.4 Å². The molecule has 0 aliphatic heterocycles. The minimum atomic E-state index is -1.07. The first-order chi connectivity index (χ1) is 3.68. The second kappa shape index (κ2) is 3.84. The van der Waals surface area contributed by atoms with Gasteiger partial charge in [-0.3, -0.25) is 0 Å². The molecule has 0 heterocycles. The summed E-state index contributed by atoms with van der Waals surface area (Å²) in [7, 11) is 0. The number of aliphatic hydroxyl groups excluding tert-OH is 1. The summed E-state index contributed by atoms with van der Waals surface area (Å²) in [6, 6.07) is 0. The lowest BCUT2D eigenvalue weighted by atomic mass is 10.1. The van der Waals surface area contributed by atoms with Crippen molar-refractivity contribution in [1.29, 1.82) is 0 Å². The van der Waals surface area contributed by atoms with Gasteiger partial charge in [0.2, 0.25) is 0 Å². The lowest BCUT2D eigenvalue weighted by Gasteiger charge is -2.08. The van der Waals surface area contributed by atoms with Crippen molar-refractivity contribution in [3.8, 4) is 0 Å². The number of halogens is 1. The van der Waals surface area contributed by atoms with Gasteiger partial charge in [0, 0.05) is 0 Å². The topological polar surface area (TPSA) is 20.2 Å². The molecular weight excluding hydrogens is 107 g/mol. The molecule has 0 amide bonds. The Labute approximate surface area is 49.5 Å². The third-order valence-electron chi connectivity index (χ3n) is 1.11. The first-order valence-electron chi connectivity index (χ1n) is 3.00. The Balaban J connectivity index is 3.17. The summed E-state index contributed by atoms with van der Waals surface area (Å²) in [6.07, 6.45) is -0.414. The van der Waals surface area contributed by atoms with Gasteiger partial charge in [-0.2, -0.15) is 0 Å². The van der Waals surface area contributed by atoms with Crippen molar-refractivity contribution in [2.45, 2.75) is 39.0 Å². The van der Waals surface area contributed by atoms with E-state index in [1.165, 1.54) is 6.92 Å². The molecule has 2 heteroatoms. The summed E-state index contributed by atoms with van der Waals surface area (Å²) >= 11 is 0. The molecule has 0 aromatic rings. The third-order valence-corrected chi connectivity index (χ3v) is 1.11. The van der Waals surface area contributed by atoms with Crippen molar-refractivity contribution < 1.29 is 9.50 Å². The van der Waals surface area contributed by atoms with Gasteiger partial charge in [-0.1, -0.05) is 13.3 Å². The van der Waals surface area contributed by atoms with E-state index in [0.29, 0.717) is 6.42 Å². The Morgan fingerprint density at radius 2 is 2.12 bits per heavy atom. The number of aliphatic hydroxyl groups is 1. The van der Waals surface area contributed by atoms with E-state index in [1.54, 1.807) is 0 Å². The van der Waals surface area contributed by atoms with Crippen LogP contribution in [-0.2, 0) is 0 Å². The van der Waals surface area contributed by atoms with Crippen molar-refractivity contribution in [2.24, 2.45) is 0 Å². The molecule has 8 heavy (non-hydrogen) atoms. The first kappa shape index (κ1) is 7.89. The summed E-state index contributed by atoms with van der Waals surface area (Å²) in [5.74, 6) is 0. The van der Waals surface area contributed by atoms with E-state index in [0.717, 1.165) is 6.42 Å². The van der Waals surface area contributed by atoms with Crippen LogP contribution in [0.3, 0.4) is 0 Å². The molecule has 0 aliphatic carbocycles. The normalized spacial score (nSPS) is 18.0. The molecule has 1 N–H and O–H groups in total. The van der Waals surface area contributed by atoms with E-state index in [1.807, 2.05) is 6.92 Å². The van der Waals surface area contributed by atoms with Crippen LogP contribution in [0, 0.1) is 0 Å². The van der Waals surface area contributed by atoms with Crippen molar-refractivity contribution in [3.05, 3.63) is 0 Å². The monoisotopic (exact) mass is 120 g/mol. The second-order valence-electron chi connectivity index (χ2n) is 2.03. The maximum Gasteiger partial charge on any atom is 0.123 e. The average molecular weight is 120 g/mol. The first-order valence-corrected chi connectivity index (χ1v) is 3.00. The summed E-state index contributed by atoms with van der Waals surface area (Å²) in [4.78, 5) is 0. The van der Waals surface area contributed by atoms with Crippen molar-refractivity contribution >= 4 is 0 Å². The Morgan fingerprint density at radius 3 is 2.25 bits per heavy atom. The number of alkyl halides is 1. The molecule has 0 aliphatic rings. The molecule has 0 rings (SSSR count). The van der Waals surface area contributed by atoms with E-state index in [-0.39, 0.29) is 0 Å². The van der Waals surface area contributed by atoms with Crippen LogP contribution >= 0.6 is 0 Å². The lowest BCUT2D eigenvalue weighted by Crippen LogP contribution is -2.17. The van der Waals surface area contributed by atoms with Gasteiger partial charge >= 0.3 is 0 Å². The highest BCUT2D eigenvalue weighted by atomic mass is 19.1. The highest BCUT2D eigenvalue weighted by Gasteiger charge is 2.09. The van der Waals surface area contributed by atoms with E-state index in [2.05, 4.69) is 0 Å². The highest BCUT2D eigenvalue weighted by molar-refractivity contribution is 4.59. The van der Waals surface area contributed by atoms with Crippen LogP contribution in [0.25, 0.3) is 0 Å². The Bertz CT molecular complexity index is 54.5. The third kappa shape index (κ3) is 2.97. The Kier molecular flexibility index (Phi) is 3.79. The molecule has 0 fully saturated rings. The van der Waals surface area contributed by atoms with Gasteiger partial charge < -0.3 is 5.11 Å². The predicted octanol–water partition coefficient (Wildman–Crippen LogP) is 1.51. The van der Waals surface area contributed by atoms with Gasteiger partial charge in [0.1, 0.15) is 6.17 Å². The highest BCUT2D eigenvalue weighted by Crippen LogP contribution is 2.03. The molecule has 0 bridgehead atoms. The number of hydrogen-bond donors (Lipinski definition) is 1. The fraction of sp³-hybridized carbons (Fsp3) is 1.00. The van der Waals surface area contributed by atoms with Gasteiger partial charge in [-0.05, 0) is 13.3 Å². The zero-order valence-corrected chi connectivity index (χ0v) is 5.39. The Hall–Kier alpha value is -0.110.